The van der Waals surface area contributed by atoms with Crippen molar-refractivity contribution in [3.8, 4) is 0 Å². The van der Waals surface area contributed by atoms with E-state index >= 15 is 0 Å². The second kappa shape index (κ2) is 8.27. The first-order chi connectivity index (χ1) is 14.0. The summed E-state index contributed by atoms with van der Waals surface area (Å²) in [5.41, 5.74) is 0.428. The quantitative estimate of drug-likeness (QED) is 0.732. The van der Waals surface area contributed by atoms with Gasteiger partial charge < -0.3 is 9.80 Å². The van der Waals surface area contributed by atoms with Gasteiger partial charge >= 0.3 is 6.18 Å². The number of hydrogen-bond acceptors (Lipinski definition) is 4. The van der Waals surface area contributed by atoms with E-state index < -0.39 is 26.7 Å². The van der Waals surface area contributed by atoms with Crippen LogP contribution in [0.3, 0.4) is 0 Å². The monoisotopic (exact) mass is 441 g/mol. The molecule has 0 saturated carbocycles. The largest absolute Gasteiger partial charge is 0.416 e. The van der Waals surface area contributed by atoms with Crippen molar-refractivity contribution in [3.05, 3.63) is 59.7 Å². The molecule has 3 rings (SSSR count). The van der Waals surface area contributed by atoms with Gasteiger partial charge in [0, 0.05) is 51.5 Å². The van der Waals surface area contributed by atoms with E-state index in [2.05, 4.69) is 0 Å². The Morgan fingerprint density at radius 2 is 1.57 bits per heavy atom. The Morgan fingerprint density at radius 1 is 0.967 bits per heavy atom. The number of carbonyl (C=O) groups is 1. The van der Waals surface area contributed by atoms with Crippen molar-refractivity contribution in [1.82, 2.24) is 9.21 Å². The summed E-state index contributed by atoms with van der Waals surface area (Å²) >= 11 is 0. The normalized spacial score (nSPS) is 15.8. The van der Waals surface area contributed by atoms with Gasteiger partial charge in [0.1, 0.15) is 0 Å². The lowest BCUT2D eigenvalue weighted by atomic mass is 10.1. The number of benzene rings is 2. The van der Waals surface area contributed by atoms with E-state index in [0.717, 1.165) is 28.2 Å². The van der Waals surface area contributed by atoms with Gasteiger partial charge in [-0.05, 0) is 42.5 Å². The molecule has 1 fully saturated rings. The molecular formula is C20H22F3N3O3S. The van der Waals surface area contributed by atoms with Crippen LogP contribution >= 0.6 is 0 Å². The van der Waals surface area contributed by atoms with Gasteiger partial charge in [0.2, 0.25) is 10.0 Å². The average molecular weight is 441 g/mol. The van der Waals surface area contributed by atoms with Crippen LogP contribution in [0.1, 0.15) is 15.9 Å². The summed E-state index contributed by atoms with van der Waals surface area (Å²) in [6.45, 7) is 0.346. The van der Waals surface area contributed by atoms with Gasteiger partial charge in [0.25, 0.3) is 5.91 Å². The summed E-state index contributed by atoms with van der Waals surface area (Å²) in [6.07, 6.45) is -4.63. The Bertz CT molecular complexity index is 1010. The van der Waals surface area contributed by atoms with E-state index in [0.29, 0.717) is 11.6 Å². The minimum atomic E-state index is -4.63. The van der Waals surface area contributed by atoms with Gasteiger partial charge in [-0.3, -0.25) is 4.79 Å². The van der Waals surface area contributed by atoms with Gasteiger partial charge in [-0.15, -0.1) is 0 Å². The Morgan fingerprint density at radius 3 is 2.10 bits per heavy atom. The standard InChI is InChI=1S/C20H22F3N3O3S/c1-24(2)17-8-6-15(7-9-17)19(27)25-10-12-26(13-11-25)30(28,29)18-5-3-4-16(14-18)20(21,22)23/h3-9,14H,10-13H2,1-2H3. The lowest BCUT2D eigenvalue weighted by Crippen LogP contribution is -2.50. The molecule has 162 valence electrons. The molecule has 1 amide bonds. The van der Waals surface area contributed by atoms with Crippen molar-refractivity contribution < 1.29 is 26.4 Å². The number of halogens is 3. The number of alkyl halides is 3. The highest BCUT2D eigenvalue weighted by atomic mass is 32.2. The number of sulfonamides is 1. The highest BCUT2D eigenvalue weighted by Gasteiger charge is 2.34. The molecule has 0 aliphatic carbocycles. The summed E-state index contributed by atoms with van der Waals surface area (Å²) < 4.78 is 65.4. The van der Waals surface area contributed by atoms with Crippen LogP contribution in [-0.4, -0.2) is 63.8 Å². The van der Waals surface area contributed by atoms with Crippen molar-refractivity contribution in [2.24, 2.45) is 0 Å². The molecule has 0 aromatic heterocycles. The summed E-state index contributed by atoms with van der Waals surface area (Å²) in [6, 6.07) is 10.8. The number of anilines is 1. The van der Waals surface area contributed by atoms with Crippen LogP contribution in [0.2, 0.25) is 0 Å². The predicted molar refractivity (Wildman–Crippen MR) is 107 cm³/mol. The van der Waals surface area contributed by atoms with Crippen molar-refractivity contribution >= 4 is 21.6 Å². The van der Waals surface area contributed by atoms with Crippen LogP contribution in [0.15, 0.2) is 53.4 Å². The maximum atomic E-state index is 12.9. The van der Waals surface area contributed by atoms with Crippen molar-refractivity contribution in [2.75, 3.05) is 45.2 Å². The Balaban J connectivity index is 1.69. The maximum absolute atomic E-state index is 12.9. The molecule has 6 nitrogen and oxygen atoms in total. The molecule has 30 heavy (non-hydrogen) atoms. The van der Waals surface area contributed by atoms with Gasteiger partial charge in [-0.25, -0.2) is 8.42 Å². The molecule has 1 aliphatic heterocycles. The zero-order valence-electron chi connectivity index (χ0n) is 16.6. The van der Waals surface area contributed by atoms with Crippen LogP contribution < -0.4 is 4.90 Å². The molecule has 1 aliphatic rings. The first-order valence-corrected chi connectivity index (χ1v) is 10.7. The van der Waals surface area contributed by atoms with E-state index in [1.807, 2.05) is 31.1 Å². The molecule has 0 spiro atoms. The summed E-state index contributed by atoms with van der Waals surface area (Å²) in [5.74, 6) is -0.212. The maximum Gasteiger partial charge on any atom is 0.416 e. The van der Waals surface area contributed by atoms with E-state index in [1.54, 1.807) is 17.0 Å². The molecule has 2 aromatic carbocycles. The van der Waals surface area contributed by atoms with Gasteiger partial charge in [-0.1, -0.05) is 6.07 Å². The van der Waals surface area contributed by atoms with Crippen LogP contribution in [0.4, 0.5) is 18.9 Å². The molecule has 10 heteroatoms. The third-order valence-electron chi connectivity index (χ3n) is 4.96. The van der Waals surface area contributed by atoms with Crippen molar-refractivity contribution in [2.45, 2.75) is 11.1 Å². The fraction of sp³-hybridized carbons (Fsp3) is 0.350. The molecule has 0 bridgehead atoms. The molecule has 0 atom stereocenters. The summed E-state index contributed by atoms with van der Waals surface area (Å²) in [4.78, 5) is 15.7. The fourth-order valence-corrected chi connectivity index (χ4v) is 4.67. The number of carbonyl (C=O) groups excluding carboxylic acids is 1. The molecule has 0 N–H and O–H groups in total. The molecule has 0 radical (unpaired) electrons. The minimum absolute atomic E-state index is 0.0140. The van der Waals surface area contributed by atoms with Crippen LogP contribution in [-0.2, 0) is 16.2 Å². The Hall–Kier alpha value is -2.59. The molecule has 1 saturated heterocycles. The fourth-order valence-electron chi connectivity index (χ4n) is 3.20. The van der Waals surface area contributed by atoms with Crippen molar-refractivity contribution in [3.63, 3.8) is 0 Å². The van der Waals surface area contributed by atoms with Gasteiger partial charge in [0.15, 0.2) is 0 Å². The smallest absolute Gasteiger partial charge is 0.378 e. The molecular weight excluding hydrogens is 419 g/mol. The number of piperazine rings is 1. The van der Waals surface area contributed by atoms with Gasteiger partial charge in [0.05, 0.1) is 10.5 Å². The number of nitrogens with zero attached hydrogens (tertiary/aromatic N) is 3. The molecule has 2 aromatic rings. The molecule has 1 heterocycles. The van der Waals surface area contributed by atoms with E-state index in [9.17, 15) is 26.4 Å². The third-order valence-corrected chi connectivity index (χ3v) is 6.85. The number of amides is 1. The zero-order valence-corrected chi connectivity index (χ0v) is 17.4. The van der Waals surface area contributed by atoms with Crippen LogP contribution in [0.25, 0.3) is 0 Å². The summed E-state index contributed by atoms with van der Waals surface area (Å²) in [5, 5.41) is 0. The Labute approximate surface area is 173 Å². The van der Waals surface area contributed by atoms with Crippen LogP contribution in [0.5, 0.6) is 0 Å². The summed E-state index contributed by atoms with van der Waals surface area (Å²) in [7, 11) is -0.304. The van der Waals surface area contributed by atoms with Crippen LogP contribution in [0, 0.1) is 0 Å². The van der Waals surface area contributed by atoms with E-state index in [-0.39, 0.29) is 32.1 Å². The topological polar surface area (TPSA) is 60.9 Å². The molecule has 0 unspecified atom stereocenters. The third kappa shape index (κ3) is 4.59. The second-order valence-electron chi connectivity index (χ2n) is 7.16. The SMILES string of the molecule is CN(C)c1ccc(C(=O)N2CCN(S(=O)(=O)c3cccc(C(F)(F)F)c3)CC2)cc1. The zero-order chi connectivity index (χ0) is 22.1. The second-order valence-corrected chi connectivity index (χ2v) is 9.10. The first kappa shape index (κ1) is 22.1. The van der Waals surface area contributed by atoms with E-state index in [4.69, 9.17) is 0 Å². The first-order valence-electron chi connectivity index (χ1n) is 9.24. The van der Waals surface area contributed by atoms with Crippen molar-refractivity contribution in [1.29, 1.82) is 0 Å². The lowest BCUT2D eigenvalue weighted by molar-refractivity contribution is -0.137. The Kier molecular flexibility index (Phi) is 6.09. The highest BCUT2D eigenvalue weighted by Crippen LogP contribution is 2.31. The van der Waals surface area contributed by atoms with Gasteiger partial charge in [-0.2, -0.15) is 17.5 Å². The minimum Gasteiger partial charge on any atom is -0.378 e. The predicted octanol–water partition coefficient (Wildman–Crippen LogP) is 2.92. The van der Waals surface area contributed by atoms with E-state index in [1.165, 1.54) is 0 Å². The lowest BCUT2D eigenvalue weighted by Gasteiger charge is -2.34. The number of rotatable bonds is 4. The number of hydrogen-bond donors (Lipinski definition) is 0. The highest BCUT2D eigenvalue weighted by molar-refractivity contribution is 7.89. The average Bonchev–Trinajstić information content (AvgIpc) is 2.73.